The van der Waals surface area contributed by atoms with Gasteiger partial charge in [0.25, 0.3) is 0 Å². The molecule has 3 nitrogen and oxygen atoms in total. The number of aliphatic carboxylic acids is 1. The topological polar surface area (TPSA) is 49.3 Å². The minimum absolute atomic E-state index is 0.191. The molecule has 0 aromatic heterocycles. The normalized spacial score (nSPS) is 13.6. The van der Waals surface area contributed by atoms with Crippen LogP contribution >= 0.6 is 0 Å². The molecule has 0 aliphatic carbocycles. The summed E-state index contributed by atoms with van der Waals surface area (Å²) in [6.07, 6.45) is 6.50. The predicted octanol–water partition coefficient (Wildman–Crippen LogP) is 3.44. The Morgan fingerprint density at radius 3 is 2.35 bits per heavy atom. The number of carboxylic acid groups (broad SMARTS) is 1. The molecule has 0 radical (unpaired) electrons. The van der Waals surface area contributed by atoms with Crippen molar-refractivity contribution in [2.75, 3.05) is 6.54 Å². The van der Waals surface area contributed by atoms with E-state index in [4.69, 9.17) is 5.11 Å². The molecule has 0 amide bonds. The number of nitrogens with one attached hydrogen (secondary N) is 1. The van der Waals surface area contributed by atoms with Gasteiger partial charge in [0.05, 0.1) is 0 Å². The van der Waals surface area contributed by atoms with E-state index in [1.54, 1.807) is 0 Å². The molecular formula is C14H29NO2. The van der Waals surface area contributed by atoms with E-state index in [9.17, 15) is 4.79 Å². The van der Waals surface area contributed by atoms with Crippen LogP contribution in [-0.4, -0.2) is 23.7 Å². The molecule has 0 aliphatic heterocycles. The Bertz CT molecular complexity index is 214. The lowest BCUT2D eigenvalue weighted by atomic mass is 9.86. The van der Waals surface area contributed by atoms with Gasteiger partial charge in [-0.1, -0.05) is 53.4 Å². The van der Waals surface area contributed by atoms with Gasteiger partial charge in [0.2, 0.25) is 0 Å². The zero-order valence-corrected chi connectivity index (χ0v) is 11.9. The van der Waals surface area contributed by atoms with Crippen molar-refractivity contribution in [2.24, 2.45) is 5.41 Å². The first-order valence-electron chi connectivity index (χ1n) is 6.89. The highest BCUT2D eigenvalue weighted by Crippen LogP contribution is 2.23. The molecule has 0 heterocycles. The number of hydrogen-bond acceptors (Lipinski definition) is 2. The Kier molecular flexibility index (Phi) is 8.23. The van der Waals surface area contributed by atoms with Gasteiger partial charge >= 0.3 is 5.97 Å². The molecule has 0 rings (SSSR count). The minimum atomic E-state index is -0.726. The van der Waals surface area contributed by atoms with Crippen molar-refractivity contribution >= 4 is 5.97 Å². The van der Waals surface area contributed by atoms with E-state index < -0.39 is 5.97 Å². The van der Waals surface area contributed by atoms with Gasteiger partial charge in [-0.15, -0.1) is 0 Å². The van der Waals surface area contributed by atoms with Gasteiger partial charge < -0.3 is 10.4 Å². The first kappa shape index (κ1) is 16.4. The minimum Gasteiger partial charge on any atom is -0.480 e. The van der Waals surface area contributed by atoms with E-state index in [1.165, 1.54) is 19.3 Å². The van der Waals surface area contributed by atoms with Crippen LogP contribution in [0.15, 0.2) is 0 Å². The SMILES string of the molecule is CCCCCC(C)(C)CNC(CCC)C(=O)O. The largest absolute Gasteiger partial charge is 0.480 e. The Morgan fingerprint density at radius 2 is 1.88 bits per heavy atom. The van der Waals surface area contributed by atoms with Gasteiger partial charge in [0.1, 0.15) is 6.04 Å². The Morgan fingerprint density at radius 1 is 1.24 bits per heavy atom. The van der Waals surface area contributed by atoms with Crippen molar-refractivity contribution in [1.82, 2.24) is 5.32 Å². The number of hydrogen-bond donors (Lipinski definition) is 2. The molecule has 0 saturated carbocycles. The van der Waals surface area contributed by atoms with Gasteiger partial charge in [-0.05, 0) is 18.3 Å². The Labute approximate surface area is 106 Å². The molecule has 3 heteroatoms. The summed E-state index contributed by atoms with van der Waals surface area (Å²) < 4.78 is 0. The molecule has 2 N–H and O–H groups in total. The fourth-order valence-electron chi connectivity index (χ4n) is 1.94. The maximum atomic E-state index is 11.0. The highest BCUT2D eigenvalue weighted by Gasteiger charge is 2.22. The summed E-state index contributed by atoms with van der Waals surface area (Å²) in [5.41, 5.74) is 0.191. The molecule has 0 aliphatic rings. The summed E-state index contributed by atoms with van der Waals surface area (Å²) in [5.74, 6) is -0.726. The van der Waals surface area contributed by atoms with Crippen LogP contribution in [0, 0.1) is 5.41 Å². The van der Waals surface area contributed by atoms with Crippen LogP contribution < -0.4 is 5.32 Å². The number of rotatable bonds is 10. The molecule has 0 spiro atoms. The lowest BCUT2D eigenvalue weighted by Gasteiger charge is -2.27. The van der Waals surface area contributed by atoms with E-state index in [1.807, 2.05) is 6.92 Å². The quantitative estimate of drug-likeness (QED) is 0.578. The van der Waals surface area contributed by atoms with Crippen molar-refractivity contribution < 1.29 is 9.90 Å². The lowest BCUT2D eigenvalue weighted by molar-refractivity contribution is -0.139. The van der Waals surface area contributed by atoms with Crippen LogP contribution in [0.1, 0.15) is 66.2 Å². The van der Waals surface area contributed by atoms with E-state index >= 15 is 0 Å². The molecule has 102 valence electrons. The molecule has 0 aromatic carbocycles. The van der Waals surface area contributed by atoms with Gasteiger partial charge in [-0.3, -0.25) is 4.79 Å². The highest BCUT2D eigenvalue weighted by molar-refractivity contribution is 5.73. The summed E-state index contributed by atoms with van der Waals surface area (Å²) >= 11 is 0. The summed E-state index contributed by atoms with van der Waals surface area (Å²) in [7, 11) is 0. The average molecular weight is 243 g/mol. The van der Waals surface area contributed by atoms with E-state index in [-0.39, 0.29) is 11.5 Å². The molecule has 0 bridgehead atoms. The smallest absolute Gasteiger partial charge is 0.320 e. The zero-order chi connectivity index (χ0) is 13.3. The molecule has 0 fully saturated rings. The maximum absolute atomic E-state index is 11.0. The fourth-order valence-corrected chi connectivity index (χ4v) is 1.94. The van der Waals surface area contributed by atoms with Crippen LogP contribution in [0.4, 0.5) is 0 Å². The van der Waals surface area contributed by atoms with Crippen LogP contribution in [0.2, 0.25) is 0 Å². The standard InChI is InChI=1S/C14H29NO2/c1-5-7-8-10-14(3,4)11-15-12(9-6-2)13(16)17/h12,15H,5-11H2,1-4H3,(H,16,17). The van der Waals surface area contributed by atoms with Crippen LogP contribution in [0.5, 0.6) is 0 Å². The summed E-state index contributed by atoms with van der Waals surface area (Å²) in [5, 5.41) is 12.2. The number of carboxylic acids is 1. The van der Waals surface area contributed by atoms with Crippen molar-refractivity contribution in [3.63, 3.8) is 0 Å². The molecule has 0 saturated heterocycles. The lowest BCUT2D eigenvalue weighted by Crippen LogP contribution is -2.41. The Hall–Kier alpha value is -0.570. The van der Waals surface area contributed by atoms with Crippen LogP contribution in [-0.2, 0) is 4.79 Å². The molecule has 1 unspecified atom stereocenters. The van der Waals surface area contributed by atoms with Gasteiger partial charge in [-0.2, -0.15) is 0 Å². The molecule has 1 atom stereocenters. The second kappa shape index (κ2) is 8.51. The fraction of sp³-hybridized carbons (Fsp3) is 0.929. The number of unbranched alkanes of at least 4 members (excludes halogenated alkanes) is 2. The van der Waals surface area contributed by atoms with Crippen molar-refractivity contribution in [3.05, 3.63) is 0 Å². The zero-order valence-electron chi connectivity index (χ0n) is 11.9. The van der Waals surface area contributed by atoms with Crippen LogP contribution in [0.3, 0.4) is 0 Å². The van der Waals surface area contributed by atoms with E-state index in [0.717, 1.165) is 19.4 Å². The van der Waals surface area contributed by atoms with Crippen molar-refractivity contribution in [3.8, 4) is 0 Å². The predicted molar refractivity (Wildman–Crippen MR) is 72.3 cm³/mol. The van der Waals surface area contributed by atoms with Gasteiger partial charge in [0, 0.05) is 6.54 Å². The van der Waals surface area contributed by atoms with Gasteiger partial charge in [-0.25, -0.2) is 0 Å². The second-order valence-electron chi connectivity index (χ2n) is 5.68. The second-order valence-corrected chi connectivity index (χ2v) is 5.68. The van der Waals surface area contributed by atoms with Crippen molar-refractivity contribution in [2.45, 2.75) is 72.3 Å². The molecular weight excluding hydrogens is 214 g/mol. The maximum Gasteiger partial charge on any atom is 0.320 e. The van der Waals surface area contributed by atoms with Crippen LogP contribution in [0.25, 0.3) is 0 Å². The monoisotopic (exact) mass is 243 g/mol. The van der Waals surface area contributed by atoms with E-state index in [2.05, 4.69) is 26.1 Å². The number of carbonyl (C=O) groups is 1. The van der Waals surface area contributed by atoms with Gasteiger partial charge in [0.15, 0.2) is 0 Å². The third-order valence-electron chi connectivity index (χ3n) is 3.16. The molecule has 0 aromatic rings. The Balaban J connectivity index is 3.99. The summed E-state index contributed by atoms with van der Waals surface area (Å²) in [6, 6.07) is -0.384. The first-order chi connectivity index (χ1) is 7.93. The third kappa shape index (κ3) is 8.19. The highest BCUT2D eigenvalue weighted by atomic mass is 16.4. The van der Waals surface area contributed by atoms with Crippen molar-refractivity contribution in [1.29, 1.82) is 0 Å². The van der Waals surface area contributed by atoms with E-state index in [0.29, 0.717) is 6.42 Å². The third-order valence-corrected chi connectivity index (χ3v) is 3.16. The summed E-state index contributed by atoms with van der Waals surface area (Å²) in [6.45, 7) is 9.42. The summed E-state index contributed by atoms with van der Waals surface area (Å²) in [4.78, 5) is 11.0. The average Bonchev–Trinajstić information content (AvgIpc) is 2.24. The molecule has 17 heavy (non-hydrogen) atoms. The first-order valence-corrected chi connectivity index (χ1v) is 6.89.